The SMILES string of the molecule is CN(C)C(=O)c1cn2cc(F)cc(I)c2n1. The molecule has 2 rings (SSSR count). The molecule has 4 nitrogen and oxygen atoms in total. The zero-order valence-corrected chi connectivity index (χ0v) is 10.9. The topological polar surface area (TPSA) is 37.6 Å². The highest BCUT2D eigenvalue weighted by atomic mass is 127. The van der Waals surface area contributed by atoms with E-state index in [-0.39, 0.29) is 11.7 Å². The molecule has 16 heavy (non-hydrogen) atoms. The number of carbonyl (C=O) groups excluding carboxylic acids is 1. The van der Waals surface area contributed by atoms with Crippen molar-refractivity contribution in [2.24, 2.45) is 0 Å². The van der Waals surface area contributed by atoms with Crippen LogP contribution >= 0.6 is 22.6 Å². The molecule has 2 aromatic rings. The lowest BCUT2D eigenvalue weighted by molar-refractivity contribution is 0.0822. The summed E-state index contributed by atoms with van der Waals surface area (Å²) in [7, 11) is 3.30. The maximum absolute atomic E-state index is 13.1. The van der Waals surface area contributed by atoms with Crippen molar-refractivity contribution in [1.82, 2.24) is 14.3 Å². The third-order valence-corrected chi connectivity index (χ3v) is 2.89. The van der Waals surface area contributed by atoms with E-state index in [9.17, 15) is 9.18 Å². The fourth-order valence-electron chi connectivity index (χ4n) is 1.36. The van der Waals surface area contributed by atoms with Gasteiger partial charge in [-0.1, -0.05) is 0 Å². The lowest BCUT2D eigenvalue weighted by atomic mass is 10.4. The number of halogens is 2. The molecule has 1 amide bonds. The number of imidazole rings is 1. The maximum atomic E-state index is 13.1. The summed E-state index contributed by atoms with van der Waals surface area (Å²) in [6, 6.07) is 1.38. The van der Waals surface area contributed by atoms with Gasteiger partial charge in [0, 0.05) is 26.5 Å². The van der Waals surface area contributed by atoms with E-state index < -0.39 is 0 Å². The van der Waals surface area contributed by atoms with Crippen LogP contribution in [0.15, 0.2) is 18.5 Å². The van der Waals surface area contributed by atoms with Crippen LogP contribution in [0.2, 0.25) is 0 Å². The summed E-state index contributed by atoms with van der Waals surface area (Å²) in [6.45, 7) is 0. The molecule has 6 heteroatoms. The van der Waals surface area contributed by atoms with Gasteiger partial charge < -0.3 is 9.30 Å². The number of aromatic nitrogens is 2. The van der Waals surface area contributed by atoms with Crippen LogP contribution in [0.4, 0.5) is 4.39 Å². The molecule has 0 saturated carbocycles. The van der Waals surface area contributed by atoms with Crippen molar-refractivity contribution in [2.75, 3.05) is 14.1 Å². The second-order valence-corrected chi connectivity index (χ2v) is 4.73. The second-order valence-electron chi connectivity index (χ2n) is 3.56. The summed E-state index contributed by atoms with van der Waals surface area (Å²) in [5, 5.41) is 0. The van der Waals surface area contributed by atoms with E-state index in [1.165, 1.54) is 27.8 Å². The molecule has 0 radical (unpaired) electrons. The molecule has 0 aliphatic carbocycles. The van der Waals surface area contributed by atoms with Gasteiger partial charge in [0.2, 0.25) is 0 Å². The van der Waals surface area contributed by atoms with Gasteiger partial charge in [-0.05, 0) is 28.7 Å². The summed E-state index contributed by atoms with van der Waals surface area (Å²) in [5.74, 6) is -0.543. The fraction of sp³-hybridized carbons (Fsp3) is 0.200. The quantitative estimate of drug-likeness (QED) is 0.746. The van der Waals surface area contributed by atoms with Crippen LogP contribution in [0.25, 0.3) is 5.65 Å². The van der Waals surface area contributed by atoms with Gasteiger partial charge in [-0.3, -0.25) is 4.79 Å². The Kier molecular flexibility index (Phi) is 2.83. The van der Waals surface area contributed by atoms with Crippen molar-refractivity contribution in [3.63, 3.8) is 0 Å². The Labute approximate surface area is 105 Å². The van der Waals surface area contributed by atoms with Gasteiger partial charge in [-0.25, -0.2) is 9.37 Å². The molecule has 84 valence electrons. The molecule has 0 unspecified atom stereocenters. The van der Waals surface area contributed by atoms with Crippen molar-refractivity contribution < 1.29 is 9.18 Å². The van der Waals surface area contributed by atoms with E-state index in [2.05, 4.69) is 4.98 Å². The van der Waals surface area contributed by atoms with Crippen molar-refractivity contribution in [1.29, 1.82) is 0 Å². The van der Waals surface area contributed by atoms with Gasteiger partial charge in [0.25, 0.3) is 5.91 Å². The first-order valence-electron chi connectivity index (χ1n) is 4.54. The van der Waals surface area contributed by atoms with Gasteiger partial charge in [-0.15, -0.1) is 0 Å². The molecule has 0 aromatic carbocycles. The monoisotopic (exact) mass is 333 g/mol. The van der Waals surface area contributed by atoms with E-state index in [4.69, 9.17) is 0 Å². The summed E-state index contributed by atoms with van der Waals surface area (Å²) in [4.78, 5) is 17.3. The number of fused-ring (bicyclic) bond motifs is 1. The van der Waals surface area contributed by atoms with Crippen molar-refractivity contribution in [3.05, 3.63) is 33.5 Å². The van der Waals surface area contributed by atoms with Crippen LogP contribution in [0.5, 0.6) is 0 Å². The number of amides is 1. The van der Waals surface area contributed by atoms with E-state index in [0.29, 0.717) is 14.9 Å². The number of pyridine rings is 1. The Morgan fingerprint density at radius 3 is 2.81 bits per heavy atom. The Bertz CT molecular complexity index is 564. The van der Waals surface area contributed by atoms with Gasteiger partial charge in [-0.2, -0.15) is 0 Å². The van der Waals surface area contributed by atoms with Crippen molar-refractivity contribution in [3.8, 4) is 0 Å². The number of nitrogens with zero attached hydrogens (tertiary/aromatic N) is 3. The first-order valence-corrected chi connectivity index (χ1v) is 5.62. The van der Waals surface area contributed by atoms with E-state index in [1.54, 1.807) is 14.1 Å². The summed E-state index contributed by atoms with van der Waals surface area (Å²) in [6.07, 6.45) is 2.83. The minimum atomic E-state index is -0.349. The first-order chi connectivity index (χ1) is 7.49. The lowest BCUT2D eigenvalue weighted by Crippen LogP contribution is -2.21. The Hall–Kier alpha value is -1.18. The van der Waals surface area contributed by atoms with Crippen molar-refractivity contribution >= 4 is 34.1 Å². The molecule has 0 aliphatic heterocycles. The summed E-state index contributed by atoms with van der Waals surface area (Å²) in [5.41, 5.74) is 0.903. The van der Waals surface area contributed by atoms with E-state index in [1.807, 2.05) is 22.6 Å². The molecule has 0 saturated heterocycles. The fourth-order valence-corrected chi connectivity index (χ4v) is 2.05. The summed E-state index contributed by atoms with van der Waals surface area (Å²) >= 11 is 1.99. The minimum Gasteiger partial charge on any atom is -0.343 e. The van der Waals surface area contributed by atoms with Crippen LogP contribution < -0.4 is 0 Å². The molecule has 0 fully saturated rings. The lowest BCUT2D eigenvalue weighted by Gasteiger charge is -2.06. The highest BCUT2D eigenvalue weighted by Crippen LogP contribution is 2.15. The third-order valence-electron chi connectivity index (χ3n) is 2.10. The van der Waals surface area contributed by atoms with Crippen molar-refractivity contribution in [2.45, 2.75) is 0 Å². The number of hydrogen-bond acceptors (Lipinski definition) is 2. The van der Waals surface area contributed by atoms with Crippen LogP contribution in [-0.2, 0) is 0 Å². The average Bonchev–Trinajstić information content (AvgIpc) is 2.60. The molecule has 0 aliphatic rings. The zero-order chi connectivity index (χ0) is 11.9. The van der Waals surface area contributed by atoms with Crippen LogP contribution in [0, 0.1) is 9.39 Å². The standard InChI is InChI=1S/C10H9FIN3O/c1-14(2)10(16)8-5-15-4-6(11)3-7(12)9(15)13-8/h3-5H,1-2H3. The number of rotatable bonds is 1. The number of hydrogen-bond donors (Lipinski definition) is 0. The van der Waals surface area contributed by atoms with Crippen LogP contribution in [-0.4, -0.2) is 34.3 Å². The van der Waals surface area contributed by atoms with E-state index in [0.717, 1.165) is 0 Å². The van der Waals surface area contributed by atoms with Gasteiger partial charge in [0.1, 0.15) is 11.5 Å². The Morgan fingerprint density at radius 1 is 1.50 bits per heavy atom. The highest BCUT2D eigenvalue weighted by molar-refractivity contribution is 14.1. The molecule has 0 bridgehead atoms. The Balaban J connectivity index is 2.60. The third kappa shape index (κ3) is 1.89. The number of carbonyl (C=O) groups is 1. The normalized spacial score (nSPS) is 10.8. The smallest absolute Gasteiger partial charge is 0.273 e. The maximum Gasteiger partial charge on any atom is 0.273 e. The molecular weight excluding hydrogens is 324 g/mol. The predicted octanol–water partition coefficient (Wildman–Crippen LogP) is 1.78. The molecule has 2 aromatic heterocycles. The Morgan fingerprint density at radius 2 is 2.19 bits per heavy atom. The average molecular weight is 333 g/mol. The zero-order valence-electron chi connectivity index (χ0n) is 8.74. The van der Waals surface area contributed by atoms with Gasteiger partial charge >= 0.3 is 0 Å². The second kappa shape index (κ2) is 4.00. The van der Waals surface area contributed by atoms with E-state index >= 15 is 0 Å². The summed E-state index contributed by atoms with van der Waals surface area (Å²) < 4.78 is 15.3. The molecule has 2 heterocycles. The molecule has 0 atom stereocenters. The largest absolute Gasteiger partial charge is 0.343 e. The highest BCUT2D eigenvalue weighted by Gasteiger charge is 2.14. The minimum absolute atomic E-state index is 0.195. The molecular formula is C10H9FIN3O. The first kappa shape index (κ1) is 11.3. The molecule has 0 spiro atoms. The van der Waals surface area contributed by atoms with Gasteiger partial charge in [0.15, 0.2) is 5.65 Å². The van der Waals surface area contributed by atoms with Crippen LogP contribution in [0.1, 0.15) is 10.5 Å². The van der Waals surface area contributed by atoms with Gasteiger partial charge in [0.05, 0.1) is 3.57 Å². The molecule has 0 N–H and O–H groups in total. The van der Waals surface area contributed by atoms with Crippen LogP contribution in [0.3, 0.4) is 0 Å². The predicted molar refractivity (Wildman–Crippen MR) is 65.9 cm³/mol.